The number of non-ortho nitro benzene ring substituents is 1. The number of ether oxygens (including phenoxy) is 1. The fourth-order valence-corrected chi connectivity index (χ4v) is 1.89. The van der Waals surface area contributed by atoms with E-state index >= 15 is 0 Å². The summed E-state index contributed by atoms with van der Waals surface area (Å²) in [6.45, 7) is 0. The monoisotopic (exact) mass is 321 g/mol. The van der Waals surface area contributed by atoms with E-state index in [0.717, 1.165) is 16.9 Å². The van der Waals surface area contributed by atoms with E-state index in [2.05, 4.69) is 10.4 Å². The van der Waals surface area contributed by atoms with Gasteiger partial charge >= 0.3 is 5.69 Å². The lowest BCUT2D eigenvalue weighted by Crippen LogP contribution is -2.17. The minimum Gasteiger partial charge on any atom is -0.496 e. The average molecular weight is 321 g/mol. The summed E-state index contributed by atoms with van der Waals surface area (Å²) in [6, 6.07) is 3.65. The van der Waals surface area contributed by atoms with E-state index in [9.17, 15) is 25.0 Å². The molecule has 0 radical (unpaired) electrons. The lowest BCUT2D eigenvalue weighted by atomic mass is 10.2. The normalized spacial score (nSPS) is 10.2. The number of nitrogens with one attached hydrogen (secondary N) is 1. The van der Waals surface area contributed by atoms with Crippen molar-refractivity contribution in [3.8, 4) is 5.75 Å². The molecule has 0 bridgehead atoms. The third-order valence-electron chi connectivity index (χ3n) is 2.93. The van der Waals surface area contributed by atoms with Crippen LogP contribution in [0.2, 0.25) is 0 Å². The van der Waals surface area contributed by atoms with Crippen LogP contribution in [0.3, 0.4) is 0 Å². The van der Waals surface area contributed by atoms with Gasteiger partial charge in [0.15, 0.2) is 0 Å². The Bertz CT molecular complexity index is 799. The van der Waals surface area contributed by atoms with Crippen molar-refractivity contribution in [3.05, 3.63) is 50.3 Å². The van der Waals surface area contributed by atoms with Crippen LogP contribution < -0.4 is 10.1 Å². The lowest BCUT2D eigenvalue weighted by Gasteiger charge is -2.07. The van der Waals surface area contributed by atoms with Gasteiger partial charge in [-0.1, -0.05) is 0 Å². The molecule has 0 unspecified atom stereocenters. The van der Waals surface area contributed by atoms with Crippen molar-refractivity contribution in [3.63, 3.8) is 0 Å². The molecule has 2 aromatic rings. The summed E-state index contributed by atoms with van der Waals surface area (Å²) in [5.74, 6) is -0.659. The fourth-order valence-electron chi connectivity index (χ4n) is 1.89. The van der Waals surface area contributed by atoms with Crippen molar-refractivity contribution >= 4 is 23.0 Å². The molecule has 0 atom stereocenters. The molecule has 11 nitrogen and oxygen atoms in total. The standard InChI is InChI=1S/C12H11N5O6/c1-15-11(10(6-13-15)17(21)22)12(18)14-7-3-8(16(19)20)5-9(4-7)23-2/h3-6H,1-2H3,(H,14,18). The predicted molar refractivity (Wildman–Crippen MR) is 77.5 cm³/mol. The number of rotatable bonds is 5. The molecular weight excluding hydrogens is 310 g/mol. The third-order valence-corrected chi connectivity index (χ3v) is 2.93. The number of hydrogen-bond donors (Lipinski definition) is 1. The molecule has 0 saturated heterocycles. The van der Waals surface area contributed by atoms with Gasteiger partial charge in [-0.2, -0.15) is 5.10 Å². The molecule has 1 N–H and O–H groups in total. The molecule has 0 aliphatic carbocycles. The number of aromatic nitrogens is 2. The van der Waals surface area contributed by atoms with Gasteiger partial charge < -0.3 is 10.1 Å². The number of hydrogen-bond acceptors (Lipinski definition) is 7. The van der Waals surface area contributed by atoms with E-state index in [0.29, 0.717) is 0 Å². The largest absolute Gasteiger partial charge is 0.496 e. The Kier molecular flexibility index (Phi) is 4.21. The minimum absolute atomic E-state index is 0.0662. The van der Waals surface area contributed by atoms with Crippen molar-refractivity contribution in [2.24, 2.45) is 7.05 Å². The maximum absolute atomic E-state index is 12.2. The number of nitrogens with zero attached hydrogens (tertiary/aromatic N) is 4. The van der Waals surface area contributed by atoms with Gasteiger partial charge in [-0.3, -0.25) is 29.7 Å². The topological polar surface area (TPSA) is 142 Å². The van der Waals surface area contributed by atoms with Crippen LogP contribution in [-0.2, 0) is 7.05 Å². The highest BCUT2D eigenvalue weighted by Crippen LogP contribution is 2.27. The van der Waals surface area contributed by atoms with Crippen molar-refractivity contribution in [2.45, 2.75) is 0 Å². The Morgan fingerprint density at radius 3 is 2.52 bits per heavy atom. The van der Waals surface area contributed by atoms with Crippen LogP contribution in [0.4, 0.5) is 17.1 Å². The minimum atomic E-state index is -0.820. The van der Waals surface area contributed by atoms with Crippen LogP contribution in [0.1, 0.15) is 10.5 Å². The van der Waals surface area contributed by atoms with E-state index in [1.807, 2.05) is 0 Å². The van der Waals surface area contributed by atoms with Crippen molar-refractivity contribution in [2.75, 3.05) is 12.4 Å². The number of anilines is 1. The van der Waals surface area contributed by atoms with E-state index in [4.69, 9.17) is 4.74 Å². The number of aryl methyl sites for hydroxylation is 1. The van der Waals surface area contributed by atoms with E-state index < -0.39 is 21.4 Å². The maximum Gasteiger partial charge on any atom is 0.320 e. The van der Waals surface area contributed by atoms with Gasteiger partial charge in [0.05, 0.1) is 28.7 Å². The maximum atomic E-state index is 12.2. The van der Waals surface area contributed by atoms with Crippen LogP contribution in [0.15, 0.2) is 24.4 Å². The van der Waals surface area contributed by atoms with Gasteiger partial charge in [0.25, 0.3) is 11.6 Å². The SMILES string of the molecule is COc1cc(NC(=O)c2c([N+](=O)[O-])cnn2C)cc([N+](=O)[O-])c1. The number of carbonyl (C=O) groups excluding carboxylic acids is 1. The van der Waals surface area contributed by atoms with Gasteiger partial charge in [0, 0.05) is 19.2 Å². The summed E-state index contributed by atoms with van der Waals surface area (Å²) in [6.07, 6.45) is 0.947. The second-order valence-corrected chi connectivity index (χ2v) is 4.39. The Hall–Kier alpha value is -3.50. The highest BCUT2D eigenvalue weighted by atomic mass is 16.6. The zero-order valence-corrected chi connectivity index (χ0v) is 12.0. The highest BCUT2D eigenvalue weighted by Gasteiger charge is 2.26. The smallest absolute Gasteiger partial charge is 0.320 e. The van der Waals surface area contributed by atoms with Crippen molar-refractivity contribution in [1.29, 1.82) is 0 Å². The van der Waals surface area contributed by atoms with E-state index in [1.54, 1.807) is 0 Å². The number of nitro benzene ring substituents is 1. The molecule has 1 aromatic heterocycles. The molecule has 0 fully saturated rings. The summed E-state index contributed by atoms with van der Waals surface area (Å²) in [5, 5.41) is 27.8. The van der Waals surface area contributed by atoms with Gasteiger partial charge in [0.2, 0.25) is 5.69 Å². The third kappa shape index (κ3) is 3.23. The van der Waals surface area contributed by atoms with Crippen LogP contribution >= 0.6 is 0 Å². The molecule has 1 aromatic carbocycles. The average Bonchev–Trinajstić information content (AvgIpc) is 2.88. The molecule has 0 aliphatic heterocycles. The molecule has 120 valence electrons. The van der Waals surface area contributed by atoms with Gasteiger partial charge in [-0.25, -0.2) is 0 Å². The highest BCUT2D eigenvalue weighted by molar-refractivity contribution is 6.05. The Balaban J connectivity index is 2.38. The van der Waals surface area contributed by atoms with Gasteiger partial charge in [-0.05, 0) is 0 Å². The Labute approximate surface area is 128 Å². The fraction of sp³-hybridized carbons (Fsp3) is 0.167. The number of amides is 1. The summed E-state index contributed by atoms with van der Waals surface area (Å²) in [7, 11) is 2.69. The number of carbonyl (C=O) groups is 1. The molecule has 23 heavy (non-hydrogen) atoms. The van der Waals surface area contributed by atoms with E-state index in [-0.39, 0.29) is 22.8 Å². The summed E-state index contributed by atoms with van der Waals surface area (Å²) in [4.78, 5) is 32.6. The number of methoxy groups -OCH3 is 1. The van der Waals surface area contributed by atoms with Gasteiger partial charge in [0.1, 0.15) is 11.9 Å². The van der Waals surface area contributed by atoms with E-state index in [1.165, 1.54) is 26.3 Å². The Morgan fingerprint density at radius 1 is 1.26 bits per heavy atom. The first-order chi connectivity index (χ1) is 10.8. The zero-order chi connectivity index (χ0) is 17.1. The summed E-state index contributed by atoms with van der Waals surface area (Å²) in [5.41, 5.74) is -0.974. The quantitative estimate of drug-likeness (QED) is 0.649. The first-order valence-electron chi connectivity index (χ1n) is 6.14. The van der Waals surface area contributed by atoms with Crippen LogP contribution in [0.5, 0.6) is 5.75 Å². The Morgan fingerprint density at radius 2 is 1.96 bits per heavy atom. The second-order valence-electron chi connectivity index (χ2n) is 4.39. The summed E-state index contributed by atoms with van der Waals surface area (Å²) >= 11 is 0. The molecule has 1 heterocycles. The number of nitro groups is 2. The van der Waals surface area contributed by atoms with Crippen LogP contribution in [-0.4, -0.2) is 32.6 Å². The molecule has 0 saturated carbocycles. The molecule has 0 spiro atoms. The van der Waals surface area contributed by atoms with Crippen molar-refractivity contribution < 1.29 is 19.4 Å². The predicted octanol–water partition coefficient (Wildman–Crippen LogP) is 1.50. The van der Waals surface area contributed by atoms with Crippen LogP contribution in [0.25, 0.3) is 0 Å². The first kappa shape index (κ1) is 15.9. The number of benzene rings is 1. The first-order valence-corrected chi connectivity index (χ1v) is 6.14. The molecule has 1 amide bonds. The second kappa shape index (κ2) is 6.09. The molecule has 0 aliphatic rings. The van der Waals surface area contributed by atoms with Crippen molar-refractivity contribution in [1.82, 2.24) is 9.78 Å². The zero-order valence-electron chi connectivity index (χ0n) is 12.0. The van der Waals surface area contributed by atoms with Gasteiger partial charge in [-0.15, -0.1) is 0 Å². The molecule has 11 heteroatoms. The summed E-state index contributed by atoms with van der Waals surface area (Å²) < 4.78 is 5.97. The molecule has 2 rings (SSSR count). The lowest BCUT2D eigenvalue weighted by molar-refractivity contribution is -0.385. The molecular formula is C12H11N5O6. The van der Waals surface area contributed by atoms with Crippen LogP contribution in [0, 0.1) is 20.2 Å².